The molecule has 0 radical (unpaired) electrons. The minimum atomic E-state index is -0.320. The normalized spacial score (nSPS) is 10.9. The third-order valence-corrected chi connectivity index (χ3v) is 3.95. The first kappa shape index (κ1) is 14.3. The second-order valence-electron chi connectivity index (χ2n) is 5.50. The molecule has 0 saturated heterocycles. The Morgan fingerprint density at radius 3 is 2.62 bits per heavy atom. The van der Waals surface area contributed by atoms with Gasteiger partial charge in [-0.25, -0.2) is 4.39 Å². The monoisotopic (exact) mass is 316 g/mol. The Balaban J connectivity index is 2.04. The largest absolute Gasteiger partial charge is 0.322 e. The number of nitrogens with zero attached hydrogens (tertiary/aromatic N) is 1. The summed E-state index contributed by atoms with van der Waals surface area (Å²) in [5.74, 6) is -0.320. The van der Waals surface area contributed by atoms with Crippen molar-refractivity contribution in [1.82, 2.24) is 9.97 Å². The average molecular weight is 316 g/mol. The van der Waals surface area contributed by atoms with Crippen molar-refractivity contribution in [3.8, 4) is 22.4 Å². The van der Waals surface area contributed by atoms with Gasteiger partial charge in [0, 0.05) is 34.3 Å². The van der Waals surface area contributed by atoms with Crippen LogP contribution in [0.1, 0.15) is 0 Å². The predicted molar refractivity (Wildman–Crippen MR) is 93.2 cm³/mol. The van der Waals surface area contributed by atoms with Gasteiger partial charge in [-0.05, 0) is 29.8 Å². The molecule has 4 aromatic rings. The number of rotatable bonds is 2. The van der Waals surface area contributed by atoms with Gasteiger partial charge in [0.15, 0.2) is 0 Å². The molecule has 0 bridgehead atoms. The molecule has 0 saturated carbocycles. The quantitative estimate of drug-likeness (QED) is 0.596. The number of hydrogen-bond acceptors (Lipinski definition) is 2. The number of para-hydroxylation sites is 1. The Morgan fingerprint density at radius 1 is 0.875 bits per heavy atom. The fraction of sp³-hybridized carbons (Fsp3) is 0. The van der Waals surface area contributed by atoms with Crippen molar-refractivity contribution in [2.24, 2.45) is 0 Å². The van der Waals surface area contributed by atoms with Crippen LogP contribution in [0.4, 0.5) is 4.39 Å². The molecular formula is C20H13FN2O. The Labute approximate surface area is 137 Å². The smallest absolute Gasteiger partial charge is 0.249 e. The highest BCUT2D eigenvalue weighted by Gasteiger charge is 2.12. The lowest BCUT2D eigenvalue weighted by Gasteiger charge is -2.11. The second kappa shape index (κ2) is 5.74. The van der Waals surface area contributed by atoms with Gasteiger partial charge < -0.3 is 4.98 Å². The summed E-state index contributed by atoms with van der Waals surface area (Å²) in [5.41, 5.74) is 3.47. The molecule has 0 atom stereocenters. The third kappa shape index (κ3) is 2.48. The summed E-state index contributed by atoms with van der Waals surface area (Å²) in [6, 6.07) is 19.2. The van der Waals surface area contributed by atoms with E-state index in [1.165, 1.54) is 12.1 Å². The Morgan fingerprint density at radius 2 is 1.75 bits per heavy atom. The maximum atomic E-state index is 13.6. The molecule has 2 heterocycles. The Bertz CT molecular complexity index is 1100. The molecular weight excluding hydrogens is 303 g/mol. The molecule has 116 valence electrons. The average Bonchev–Trinajstić information content (AvgIpc) is 2.61. The summed E-state index contributed by atoms with van der Waals surface area (Å²) < 4.78 is 13.6. The van der Waals surface area contributed by atoms with Crippen LogP contribution < -0.4 is 5.56 Å². The lowest BCUT2D eigenvalue weighted by atomic mass is 9.96. The van der Waals surface area contributed by atoms with E-state index in [1.807, 2.05) is 42.5 Å². The summed E-state index contributed by atoms with van der Waals surface area (Å²) >= 11 is 0. The summed E-state index contributed by atoms with van der Waals surface area (Å²) in [7, 11) is 0. The van der Waals surface area contributed by atoms with E-state index in [9.17, 15) is 9.18 Å². The van der Waals surface area contributed by atoms with Gasteiger partial charge in [-0.3, -0.25) is 9.78 Å². The standard InChI is InChI=1S/C20H13FN2O/c21-14-6-3-5-13(11-14)20-16(8-4-10-22-20)17-12-19(24)23-18-9-2-1-7-15(17)18/h1-12H,(H,23,24). The van der Waals surface area contributed by atoms with Crippen LogP contribution in [0.5, 0.6) is 0 Å². The van der Waals surface area contributed by atoms with Crippen LogP contribution in [0.3, 0.4) is 0 Å². The van der Waals surface area contributed by atoms with Gasteiger partial charge in [0.2, 0.25) is 5.56 Å². The van der Waals surface area contributed by atoms with Crippen LogP contribution in [0.15, 0.2) is 77.7 Å². The molecule has 3 nitrogen and oxygen atoms in total. The number of hydrogen-bond donors (Lipinski definition) is 1. The van der Waals surface area contributed by atoms with Crippen LogP contribution in [0.25, 0.3) is 33.3 Å². The minimum absolute atomic E-state index is 0.183. The van der Waals surface area contributed by atoms with Gasteiger partial charge in [-0.1, -0.05) is 36.4 Å². The van der Waals surface area contributed by atoms with E-state index in [-0.39, 0.29) is 11.4 Å². The molecule has 0 amide bonds. The van der Waals surface area contributed by atoms with E-state index in [0.717, 1.165) is 22.0 Å². The zero-order valence-corrected chi connectivity index (χ0v) is 12.7. The highest BCUT2D eigenvalue weighted by atomic mass is 19.1. The van der Waals surface area contributed by atoms with Crippen LogP contribution in [-0.4, -0.2) is 9.97 Å². The number of aromatic amines is 1. The van der Waals surface area contributed by atoms with Crippen molar-refractivity contribution in [1.29, 1.82) is 0 Å². The number of pyridine rings is 2. The number of H-pyrrole nitrogens is 1. The van der Waals surface area contributed by atoms with Crippen LogP contribution in [-0.2, 0) is 0 Å². The molecule has 2 aromatic heterocycles. The summed E-state index contributed by atoms with van der Waals surface area (Å²) in [4.78, 5) is 19.3. The fourth-order valence-corrected chi connectivity index (χ4v) is 2.92. The van der Waals surface area contributed by atoms with E-state index in [2.05, 4.69) is 9.97 Å². The van der Waals surface area contributed by atoms with Crippen LogP contribution in [0.2, 0.25) is 0 Å². The number of nitrogens with one attached hydrogen (secondary N) is 1. The summed E-state index contributed by atoms with van der Waals surface area (Å²) in [5, 5.41) is 0.919. The lowest BCUT2D eigenvalue weighted by Crippen LogP contribution is -2.05. The van der Waals surface area contributed by atoms with Crippen molar-refractivity contribution >= 4 is 10.9 Å². The summed E-state index contributed by atoms with van der Waals surface area (Å²) in [6.45, 7) is 0. The molecule has 0 spiro atoms. The van der Waals surface area contributed by atoms with Crippen molar-refractivity contribution < 1.29 is 4.39 Å². The van der Waals surface area contributed by atoms with Gasteiger partial charge in [0.05, 0.1) is 5.69 Å². The molecule has 24 heavy (non-hydrogen) atoms. The third-order valence-electron chi connectivity index (χ3n) is 3.95. The molecule has 1 N–H and O–H groups in total. The van der Waals surface area contributed by atoms with E-state index in [4.69, 9.17) is 0 Å². The van der Waals surface area contributed by atoms with Crippen LogP contribution in [0, 0.1) is 5.82 Å². The predicted octanol–water partition coefficient (Wildman–Crippen LogP) is 4.40. The van der Waals surface area contributed by atoms with E-state index < -0.39 is 0 Å². The van der Waals surface area contributed by atoms with Gasteiger partial charge in [0.1, 0.15) is 5.82 Å². The van der Waals surface area contributed by atoms with Gasteiger partial charge in [-0.15, -0.1) is 0 Å². The second-order valence-corrected chi connectivity index (χ2v) is 5.50. The Kier molecular flexibility index (Phi) is 3.43. The van der Waals surface area contributed by atoms with Gasteiger partial charge in [-0.2, -0.15) is 0 Å². The molecule has 0 aliphatic rings. The molecule has 2 aromatic carbocycles. The maximum absolute atomic E-state index is 13.6. The molecule has 0 aliphatic heterocycles. The highest BCUT2D eigenvalue weighted by Crippen LogP contribution is 2.33. The van der Waals surface area contributed by atoms with E-state index in [1.54, 1.807) is 18.3 Å². The van der Waals surface area contributed by atoms with Gasteiger partial charge in [0.25, 0.3) is 0 Å². The first-order valence-electron chi connectivity index (χ1n) is 7.56. The molecule has 0 fully saturated rings. The summed E-state index contributed by atoms with van der Waals surface area (Å²) in [6.07, 6.45) is 1.67. The van der Waals surface area contributed by atoms with E-state index >= 15 is 0 Å². The molecule has 0 unspecified atom stereocenters. The molecule has 4 heteroatoms. The van der Waals surface area contributed by atoms with Crippen molar-refractivity contribution in [3.63, 3.8) is 0 Å². The number of halogens is 1. The zero-order valence-electron chi connectivity index (χ0n) is 12.7. The van der Waals surface area contributed by atoms with Gasteiger partial charge >= 0.3 is 0 Å². The first-order valence-corrected chi connectivity index (χ1v) is 7.56. The van der Waals surface area contributed by atoms with Crippen molar-refractivity contribution in [2.75, 3.05) is 0 Å². The number of benzene rings is 2. The Hall–Kier alpha value is -3.27. The van der Waals surface area contributed by atoms with E-state index in [0.29, 0.717) is 11.3 Å². The van der Waals surface area contributed by atoms with Crippen molar-refractivity contribution in [3.05, 3.63) is 89.1 Å². The topological polar surface area (TPSA) is 45.8 Å². The fourth-order valence-electron chi connectivity index (χ4n) is 2.92. The van der Waals surface area contributed by atoms with Crippen molar-refractivity contribution in [2.45, 2.75) is 0 Å². The lowest BCUT2D eigenvalue weighted by molar-refractivity contribution is 0.628. The number of fused-ring (bicyclic) bond motifs is 1. The molecule has 4 rings (SSSR count). The maximum Gasteiger partial charge on any atom is 0.249 e. The SMILES string of the molecule is O=c1cc(-c2cccnc2-c2cccc(F)c2)c2ccccc2[nH]1. The first-order chi connectivity index (χ1) is 11.7. The number of aromatic nitrogens is 2. The highest BCUT2D eigenvalue weighted by molar-refractivity contribution is 5.97. The van der Waals surface area contributed by atoms with Crippen LogP contribution >= 0.6 is 0 Å². The molecule has 0 aliphatic carbocycles. The zero-order chi connectivity index (χ0) is 16.5. The minimum Gasteiger partial charge on any atom is -0.322 e.